The third-order valence-electron chi connectivity index (χ3n) is 5.20. The maximum absolute atomic E-state index is 12.6. The lowest BCUT2D eigenvalue weighted by atomic mass is 10.2. The molecule has 0 saturated carbocycles. The lowest BCUT2D eigenvalue weighted by Crippen LogP contribution is -2.49. The fourth-order valence-corrected chi connectivity index (χ4v) is 3.49. The van der Waals surface area contributed by atoms with Crippen LogP contribution in [0.25, 0.3) is 0 Å². The molecule has 0 spiro atoms. The molecular weight excluding hydrogens is 442 g/mol. The number of hydrogen-bond donors (Lipinski definition) is 2. The second-order valence-electron chi connectivity index (χ2n) is 8.02. The van der Waals surface area contributed by atoms with E-state index in [1.54, 1.807) is 35.2 Å². The molecule has 1 aliphatic heterocycles. The molecule has 2 N–H and O–H groups in total. The monoisotopic (exact) mass is 469 g/mol. The normalized spacial score (nSPS) is 13.4. The van der Waals surface area contributed by atoms with Gasteiger partial charge in [-0.1, -0.05) is 12.1 Å². The SMILES string of the molecule is CC(C)NC(=O)Nc1ccccc1C(=O)OCC(=O)N1CCN(c2ccc([N+](=O)[O-])cc2)CC1. The van der Waals surface area contributed by atoms with Gasteiger partial charge in [-0.3, -0.25) is 14.9 Å². The Balaban J connectivity index is 1.50. The number of anilines is 2. The van der Waals surface area contributed by atoms with E-state index in [0.29, 0.717) is 26.2 Å². The van der Waals surface area contributed by atoms with Gasteiger partial charge >= 0.3 is 12.0 Å². The first-order chi connectivity index (χ1) is 16.2. The standard InChI is InChI=1S/C23H27N5O6/c1-16(2)24-23(31)25-20-6-4-3-5-19(20)22(30)34-15-21(29)27-13-11-26(12-14-27)17-7-9-18(10-8-17)28(32)33/h3-10,16H,11-15H2,1-2H3,(H2,24,25,31). The van der Waals surface area contributed by atoms with Crippen LogP contribution in [-0.4, -0.2) is 66.6 Å². The van der Waals surface area contributed by atoms with Crippen molar-refractivity contribution in [2.75, 3.05) is 43.0 Å². The van der Waals surface area contributed by atoms with Crippen molar-refractivity contribution in [3.63, 3.8) is 0 Å². The Morgan fingerprint density at radius 2 is 1.68 bits per heavy atom. The van der Waals surface area contributed by atoms with Crippen LogP contribution in [0.2, 0.25) is 0 Å². The van der Waals surface area contributed by atoms with Crippen LogP contribution in [-0.2, 0) is 9.53 Å². The highest BCUT2D eigenvalue weighted by Gasteiger charge is 2.23. The minimum atomic E-state index is -0.710. The van der Waals surface area contributed by atoms with Gasteiger partial charge in [-0.2, -0.15) is 0 Å². The Labute approximate surface area is 196 Å². The van der Waals surface area contributed by atoms with E-state index in [-0.39, 0.29) is 28.9 Å². The zero-order valence-corrected chi connectivity index (χ0v) is 19.0. The molecule has 0 atom stereocenters. The number of hydrogen-bond acceptors (Lipinski definition) is 7. The number of carbonyl (C=O) groups excluding carboxylic acids is 3. The summed E-state index contributed by atoms with van der Waals surface area (Å²) in [5.74, 6) is -1.03. The van der Waals surface area contributed by atoms with Crippen LogP contribution in [0, 0.1) is 10.1 Å². The van der Waals surface area contributed by atoms with Gasteiger partial charge in [-0.25, -0.2) is 9.59 Å². The van der Waals surface area contributed by atoms with Gasteiger partial charge < -0.3 is 25.2 Å². The zero-order chi connectivity index (χ0) is 24.7. The quantitative estimate of drug-likeness (QED) is 0.362. The van der Waals surface area contributed by atoms with Gasteiger partial charge in [-0.05, 0) is 38.1 Å². The number of esters is 1. The van der Waals surface area contributed by atoms with Gasteiger partial charge in [0, 0.05) is 50.0 Å². The molecule has 11 nitrogen and oxygen atoms in total. The molecule has 1 heterocycles. The van der Waals surface area contributed by atoms with Gasteiger partial charge in [-0.15, -0.1) is 0 Å². The molecule has 34 heavy (non-hydrogen) atoms. The summed E-state index contributed by atoms with van der Waals surface area (Å²) in [6.07, 6.45) is 0. The number of nitro groups is 1. The summed E-state index contributed by atoms with van der Waals surface area (Å²) in [6.45, 7) is 5.18. The lowest BCUT2D eigenvalue weighted by Gasteiger charge is -2.36. The molecule has 0 unspecified atom stereocenters. The molecule has 1 saturated heterocycles. The number of carbonyl (C=O) groups is 3. The van der Waals surface area contributed by atoms with E-state index in [0.717, 1.165) is 5.69 Å². The zero-order valence-electron chi connectivity index (χ0n) is 19.0. The number of benzene rings is 2. The fourth-order valence-electron chi connectivity index (χ4n) is 3.49. The largest absolute Gasteiger partial charge is 0.452 e. The van der Waals surface area contributed by atoms with Crippen molar-refractivity contribution in [3.8, 4) is 0 Å². The van der Waals surface area contributed by atoms with E-state index in [1.807, 2.05) is 18.7 Å². The van der Waals surface area contributed by atoms with Crippen molar-refractivity contribution in [2.45, 2.75) is 19.9 Å². The van der Waals surface area contributed by atoms with Crippen molar-refractivity contribution >= 4 is 35.0 Å². The maximum Gasteiger partial charge on any atom is 0.340 e. The second kappa shape index (κ2) is 11.1. The maximum atomic E-state index is 12.6. The fraction of sp³-hybridized carbons (Fsp3) is 0.348. The molecule has 3 rings (SSSR count). The molecule has 0 aromatic heterocycles. The molecule has 2 aromatic carbocycles. The Morgan fingerprint density at radius 3 is 2.29 bits per heavy atom. The van der Waals surface area contributed by atoms with Gasteiger partial charge in [0.15, 0.2) is 6.61 Å². The topological polar surface area (TPSA) is 134 Å². The number of ether oxygens (including phenoxy) is 1. The highest BCUT2D eigenvalue weighted by Crippen LogP contribution is 2.21. The molecule has 3 amide bonds. The molecule has 0 radical (unpaired) electrons. The first kappa shape index (κ1) is 24.5. The molecule has 2 aromatic rings. The Morgan fingerprint density at radius 1 is 1.03 bits per heavy atom. The summed E-state index contributed by atoms with van der Waals surface area (Å²) in [5, 5.41) is 16.1. The minimum Gasteiger partial charge on any atom is -0.452 e. The number of nitrogens with one attached hydrogen (secondary N) is 2. The van der Waals surface area contributed by atoms with E-state index < -0.39 is 23.5 Å². The van der Waals surface area contributed by atoms with Crippen molar-refractivity contribution in [3.05, 3.63) is 64.2 Å². The molecule has 0 bridgehead atoms. The number of amides is 3. The summed E-state index contributed by atoms with van der Waals surface area (Å²) in [6, 6.07) is 12.2. The summed E-state index contributed by atoms with van der Waals surface area (Å²) in [7, 11) is 0. The predicted octanol–water partition coefficient (Wildman–Crippen LogP) is 2.63. The van der Waals surface area contributed by atoms with Crippen LogP contribution < -0.4 is 15.5 Å². The lowest BCUT2D eigenvalue weighted by molar-refractivity contribution is -0.384. The Kier molecular flexibility index (Phi) is 8.01. The average Bonchev–Trinajstić information content (AvgIpc) is 2.82. The van der Waals surface area contributed by atoms with E-state index in [1.165, 1.54) is 18.2 Å². The number of nitrogens with zero attached hydrogens (tertiary/aromatic N) is 3. The highest BCUT2D eigenvalue weighted by atomic mass is 16.6. The van der Waals surface area contributed by atoms with E-state index in [9.17, 15) is 24.5 Å². The number of nitro benzene ring substituents is 1. The molecular formula is C23H27N5O6. The minimum absolute atomic E-state index is 0.0247. The number of rotatable bonds is 7. The van der Waals surface area contributed by atoms with Crippen molar-refractivity contribution in [1.82, 2.24) is 10.2 Å². The van der Waals surface area contributed by atoms with Gasteiger partial charge in [0.2, 0.25) is 0 Å². The van der Waals surface area contributed by atoms with Gasteiger partial charge in [0.1, 0.15) is 0 Å². The van der Waals surface area contributed by atoms with Crippen LogP contribution in [0.5, 0.6) is 0 Å². The van der Waals surface area contributed by atoms with E-state index in [4.69, 9.17) is 4.74 Å². The van der Waals surface area contributed by atoms with Crippen molar-refractivity contribution < 1.29 is 24.0 Å². The van der Waals surface area contributed by atoms with Crippen LogP contribution in [0.4, 0.5) is 21.9 Å². The second-order valence-corrected chi connectivity index (χ2v) is 8.02. The first-order valence-electron chi connectivity index (χ1n) is 10.9. The molecule has 11 heteroatoms. The Hall–Kier alpha value is -4.15. The van der Waals surface area contributed by atoms with Crippen LogP contribution in [0.1, 0.15) is 24.2 Å². The van der Waals surface area contributed by atoms with Gasteiger partial charge in [0.25, 0.3) is 11.6 Å². The summed E-state index contributed by atoms with van der Waals surface area (Å²) >= 11 is 0. The number of piperazine rings is 1. The van der Waals surface area contributed by atoms with Crippen molar-refractivity contribution in [1.29, 1.82) is 0 Å². The summed E-state index contributed by atoms with van der Waals surface area (Å²) < 4.78 is 5.21. The number of para-hydroxylation sites is 1. The first-order valence-corrected chi connectivity index (χ1v) is 10.9. The predicted molar refractivity (Wildman–Crippen MR) is 126 cm³/mol. The highest BCUT2D eigenvalue weighted by molar-refractivity contribution is 6.01. The van der Waals surface area contributed by atoms with Crippen LogP contribution in [0.3, 0.4) is 0 Å². The third-order valence-corrected chi connectivity index (χ3v) is 5.20. The summed E-state index contributed by atoms with van der Waals surface area (Å²) in [5.41, 5.74) is 1.30. The molecule has 1 fully saturated rings. The number of urea groups is 1. The molecule has 180 valence electrons. The average molecular weight is 469 g/mol. The smallest absolute Gasteiger partial charge is 0.340 e. The summed E-state index contributed by atoms with van der Waals surface area (Å²) in [4.78, 5) is 51.1. The Bertz CT molecular complexity index is 1050. The van der Waals surface area contributed by atoms with E-state index >= 15 is 0 Å². The molecule has 1 aliphatic rings. The van der Waals surface area contributed by atoms with Crippen molar-refractivity contribution in [2.24, 2.45) is 0 Å². The van der Waals surface area contributed by atoms with Gasteiger partial charge in [0.05, 0.1) is 16.2 Å². The van der Waals surface area contributed by atoms with Crippen LogP contribution >= 0.6 is 0 Å². The third kappa shape index (κ3) is 6.44. The molecule has 0 aliphatic carbocycles. The van der Waals surface area contributed by atoms with E-state index in [2.05, 4.69) is 10.6 Å². The number of non-ortho nitro benzene ring substituents is 1. The van der Waals surface area contributed by atoms with Crippen LogP contribution in [0.15, 0.2) is 48.5 Å².